The standard InChI is InChI=1S/C20H31NO13/c1-11(22)21-17-19(33-14(4)25)18(32-13(3)24)15(9-31-12(2)23)34-20(17)30-8-7-28-5-6-29-10-16(26)27/h15,17-20H,5-10H2,1-4H3,(H,21,22)(H,26,27)/t15-,17-,18+,19-,20-/m1/s1. The molecular weight excluding hydrogens is 462 g/mol. The summed E-state index contributed by atoms with van der Waals surface area (Å²) in [6.07, 6.45) is -4.68. The molecule has 0 bridgehead atoms. The van der Waals surface area contributed by atoms with Crippen molar-refractivity contribution in [3.63, 3.8) is 0 Å². The third-order valence-electron chi connectivity index (χ3n) is 4.18. The maximum atomic E-state index is 11.8. The highest BCUT2D eigenvalue weighted by molar-refractivity contribution is 5.73. The predicted molar refractivity (Wildman–Crippen MR) is 109 cm³/mol. The number of carboxylic acids is 1. The fourth-order valence-corrected chi connectivity index (χ4v) is 3.04. The lowest BCUT2D eigenvalue weighted by molar-refractivity contribution is -0.279. The Labute approximate surface area is 196 Å². The van der Waals surface area contributed by atoms with Crippen LogP contribution in [0.25, 0.3) is 0 Å². The van der Waals surface area contributed by atoms with Gasteiger partial charge < -0.3 is 43.6 Å². The Morgan fingerprint density at radius 3 is 1.97 bits per heavy atom. The van der Waals surface area contributed by atoms with Crippen molar-refractivity contribution in [2.45, 2.75) is 58.3 Å². The van der Waals surface area contributed by atoms with E-state index in [0.717, 1.165) is 13.8 Å². The number of ether oxygens (including phenoxy) is 7. The van der Waals surface area contributed by atoms with Crippen molar-refractivity contribution < 1.29 is 62.2 Å². The van der Waals surface area contributed by atoms with Gasteiger partial charge in [-0.3, -0.25) is 19.2 Å². The smallest absolute Gasteiger partial charge is 0.329 e. The van der Waals surface area contributed by atoms with E-state index in [4.69, 9.17) is 38.3 Å². The summed E-state index contributed by atoms with van der Waals surface area (Å²) in [7, 11) is 0. The molecule has 34 heavy (non-hydrogen) atoms. The fraction of sp³-hybridized carbons (Fsp3) is 0.750. The van der Waals surface area contributed by atoms with Crippen molar-refractivity contribution in [3.05, 3.63) is 0 Å². The molecule has 0 radical (unpaired) electrons. The Balaban J connectivity index is 2.92. The van der Waals surface area contributed by atoms with Gasteiger partial charge in [0.2, 0.25) is 5.91 Å². The molecule has 1 aliphatic heterocycles. The van der Waals surface area contributed by atoms with Gasteiger partial charge in [0.25, 0.3) is 0 Å². The topological polar surface area (TPSA) is 182 Å². The van der Waals surface area contributed by atoms with Crippen LogP contribution in [0.15, 0.2) is 0 Å². The number of hydrogen-bond donors (Lipinski definition) is 2. The van der Waals surface area contributed by atoms with Gasteiger partial charge in [0.1, 0.15) is 25.4 Å². The van der Waals surface area contributed by atoms with Crippen molar-refractivity contribution in [3.8, 4) is 0 Å². The monoisotopic (exact) mass is 493 g/mol. The summed E-state index contributed by atoms with van der Waals surface area (Å²) in [5.41, 5.74) is 0. The van der Waals surface area contributed by atoms with E-state index in [2.05, 4.69) is 5.32 Å². The minimum atomic E-state index is -1.21. The van der Waals surface area contributed by atoms with E-state index < -0.39 is 67.0 Å². The van der Waals surface area contributed by atoms with E-state index in [1.165, 1.54) is 13.8 Å². The van der Waals surface area contributed by atoms with Crippen molar-refractivity contribution in [1.82, 2.24) is 5.32 Å². The largest absolute Gasteiger partial charge is 0.480 e. The summed E-state index contributed by atoms with van der Waals surface area (Å²) in [5.74, 6) is -3.63. The van der Waals surface area contributed by atoms with Gasteiger partial charge in [-0.1, -0.05) is 0 Å². The lowest BCUT2D eigenvalue weighted by atomic mass is 9.96. The van der Waals surface area contributed by atoms with Crippen molar-refractivity contribution in [2.75, 3.05) is 39.6 Å². The van der Waals surface area contributed by atoms with Crippen molar-refractivity contribution >= 4 is 29.8 Å². The maximum Gasteiger partial charge on any atom is 0.329 e. The van der Waals surface area contributed by atoms with Gasteiger partial charge >= 0.3 is 23.9 Å². The van der Waals surface area contributed by atoms with Gasteiger partial charge in [-0.2, -0.15) is 0 Å². The molecule has 0 unspecified atom stereocenters. The molecule has 5 atom stereocenters. The summed E-state index contributed by atoms with van der Waals surface area (Å²) in [5, 5.41) is 11.1. The lowest BCUT2D eigenvalue weighted by Gasteiger charge is -2.44. The Morgan fingerprint density at radius 1 is 0.824 bits per heavy atom. The fourth-order valence-electron chi connectivity index (χ4n) is 3.04. The molecule has 1 rings (SSSR count). The minimum Gasteiger partial charge on any atom is -0.480 e. The molecule has 1 saturated heterocycles. The number of hydrogen-bond acceptors (Lipinski definition) is 12. The molecule has 2 N–H and O–H groups in total. The maximum absolute atomic E-state index is 11.8. The van der Waals surface area contributed by atoms with E-state index >= 15 is 0 Å². The first-order valence-electron chi connectivity index (χ1n) is 10.4. The van der Waals surface area contributed by atoms with Crippen LogP contribution in [0.3, 0.4) is 0 Å². The number of carboxylic acid groups (broad SMARTS) is 1. The number of rotatable bonds is 14. The Morgan fingerprint density at radius 2 is 1.41 bits per heavy atom. The molecular formula is C20H31NO13. The molecule has 194 valence electrons. The van der Waals surface area contributed by atoms with Crippen LogP contribution in [0, 0.1) is 0 Å². The van der Waals surface area contributed by atoms with Crippen LogP contribution in [0.2, 0.25) is 0 Å². The average Bonchev–Trinajstić information content (AvgIpc) is 2.71. The normalized spacial score (nSPS) is 24.1. The first-order valence-corrected chi connectivity index (χ1v) is 10.4. The quantitative estimate of drug-likeness (QED) is 0.167. The van der Waals surface area contributed by atoms with Crippen molar-refractivity contribution in [1.29, 1.82) is 0 Å². The molecule has 0 aromatic carbocycles. The van der Waals surface area contributed by atoms with Crippen LogP contribution in [0.4, 0.5) is 0 Å². The summed E-state index contributed by atoms with van der Waals surface area (Å²) in [4.78, 5) is 57.0. The molecule has 1 amide bonds. The summed E-state index contributed by atoms with van der Waals surface area (Å²) < 4.78 is 37.2. The molecule has 1 aliphatic rings. The zero-order valence-electron chi connectivity index (χ0n) is 19.5. The molecule has 1 fully saturated rings. The number of nitrogens with one attached hydrogen (secondary N) is 1. The Kier molecular flexibility index (Phi) is 13.0. The van der Waals surface area contributed by atoms with Gasteiger partial charge in [0.05, 0.1) is 26.4 Å². The highest BCUT2D eigenvalue weighted by Gasteiger charge is 2.51. The van der Waals surface area contributed by atoms with E-state index in [1.807, 2.05) is 0 Å². The van der Waals surface area contributed by atoms with Gasteiger partial charge in [-0.25, -0.2) is 4.79 Å². The van der Waals surface area contributed by atoms with Crippen molar-refractivity contribution in [2.24, 2.45) is 0 Å². The van der Waals surface area contributed by atoms with Gasteiger partial charge in [0.15, 0.2) is 18.5 Å². The number of carbonyl (C=O) groups excluding carboxylic acids is 4. The van der Waals surface area contributed by atoms with Gasteiger partial charge in [0, 0.05) is 27.7 Å². The number of amides is 1. The van der Waals surface area contributed by atoms with Crippen LogP contribution >= 0.6 is 0 Å². The molecule has 0 aromatic heterocycles. The van der Waals surface area contributed by atoms with Crippen LogP contribution in [0.1, 0.15) is 27.7 Å². The Bertz CT molecular complexity index is 713. The van der Waals surface area contributed by atoms with Crippen LogP contribution in [0.5, 0.6) is 0 Å². The number of carbonyl (C=O) groups is 5. The van der Waals surface area contributed by atoms with Gasteiger partial charge in [-0.15, -0.1) is 0 Å². The zero-order valence-corrected chi connectivity index (χ0v) is 19.5. The van der Waals surface area contributed by atoms with Crippen LogP contribution in [-0.2, 0) is 57.1 Å². The molecule has 0 spiro atoms. The Hall–Kier alpha value is -2.81. The highest BCUT2D eigenvalue weighted by atomic mass is 16.7. The second kappa shape index (κ2) is 15.2. The van der Waals surface area contributed by atoms with E-state index in [-0.39, 0.29) is 33.0 Å². The highest BCUT2D eigenvalue weighted by Crippen LogP contribution is 2.28. The zero-order chi connectivity index (χ0) is 25.7. The van der Waals surface area contributed by atoms with Gasteiger partial charge in [-0.05, 0) is 0 Å². The predicted octanol–water partition coefficient (Wildman–Crippen LogP) is -1.22. The van der Waals surface area contributed by atoms with E-state index in [0.29, 0.717) is 0 Å². The molecule has 14 heteroatoms. The molecule has 0 aromatic rings. The third kappa shape index (κ3) is 11.4. The first kappa shape index (κ1) is 29.2. The molecule has 1 heterocycles. The SMILES string of the molecule is CC(=O)N[C@H]1[C@H](OCCOCCOCC(=O)O)O[C@H](COC(C)=O)[C@H](OC(C)=O)[C@@H]1OC(C)=O. The third-order valence-corrected chi connectivity index (χ3v) is 4.18. The van der Waals surface area contributed by atoms with E-state index in [9.17, 15) is 24.0 Å². The van der Waals surface area contributed by atoms with E-state index in [1.54, 1.807) is 0 Å². The number of aliphatic carboxylic acids is 1. The minimum absolute atomic E-state index is 0.0367. The van der Waals surface area contributed by atoms with Crippen LogP contribution < -0.4 is 5.32 Å². The molecule has 0 aliphatic carbocycles. The molecule has 0 saturated carbocycles. The molecule has 14 nitrogen and oxygen atoms in total. The second-order valence-electron chi connectivity index (χ2n) is 7.15. The first-order chi connectivity index (χ1) is 16.0. The lowest BCUT2D eigenvalue weighted by Crippen LogP contribution is -2.66. The summed E-state index contributed by atoms with van der Waals surface area (Å²) in [6.45, 7) is 4.10. The average molecular weight is 493 g/mol. The second-order valence-corrected chi connectivity index (χ2v) is 7.15. The summed E-state index contributed by atoms with van der Waals surface area (Å²) in [6, 6.07) is -1.07. The number of esters is 3. The van der Waals surface area contributed by atoms with Crippen LogP contribution in [-0.4, -0.2) is 105 Å². The summed E-state index contributed by atoms with van der Waals surface area (Å²) >= 11 is 0.